The molecule has 5 nitrogen and oxygen atoms in total. The molecule has 3 atom stereocenters. The predicted octanol–water partition coefficient (Wildman–Crippen LogP) is 3.64. The fraction of sp³-hybridized carbons (Fsp3) is 0.417. The average molecular weight is 389 g/mol. The van der Waals surface area contributed by atoms with Gasteiger partial charge in [0, 0.05) is 5.41 Å². The molecule has 1 saturated carbocycles. The molecule has 0 bridgehead atoms. The van der Waals surface area contributed by atoms with E-state index in [0.29, 0.717) is 18.2 Å². The van der Waals surface area contributed by atoms with Crippen LogP contribution in [0.3, 0.4) is 0 Å². The number of aliphatic hydroxyl groups is 1. The second kappa shape index (κ2) is 6.99. The Hall–Kier alpha value is -2.66. The number of fused-ring (bicyclic) bond motifs is 3. The Morgan fingerprint density at radius 1 is 1.10 bits per heavy atom. The van der Waals surface area contributed by atoms with Gasteiger partial charge in [-0.2, -0.15) is 5.10 Å². The SMILES string of the molecule is Oc1ccc2c(c1)CC[C@@H]1C[C@@](O)(Cn3cncn3)CC[C@@]21Cc1ccccc1. The molecule has 3 aromatic rings. The van der Waals surface area contributed by atoms with E-state index >= 15 is 0 Å². The summed E-state index contributed by atoms with van der Waals surface area (Å²) >= 11 is 0. The Morgan fingerprint density at radius 3 is 2.76 bits per heavy atom. The van der Waals surface area contributed by atoms with Crippen molar-refractivity contribution in [3.05, 3.63) is 77.9 Å². The number of benzene rings is 2. The highest BCUT2D eigenvalue weighted by Gasteiger charge is 2.51. The molecule has 2 aliphatic carbocycles. The van der Waals surface area contributed by atoms with Crippen LogP contribution >= 0.6 is 0 Å². The molecule has 0 radical (unpaired) electrons. The zero-order valence-electron chi connectivity index (χ0n) is 16.5. The van der Waals surface area contributed by atoms with Gasteiger partial charge in [0.15, 0.2) is 0 Å². The number of hydrogen-bond acceptors (Lipinski definition) is 4. The van der Waals surface area contributed by atoms with Crippen molar-refractivity contribution in [2.24, 2.45) is 5.92 Å². The Labute approximate surface area is 171 Å². The van der Waals surface area contributed by atoms with Crippen molar-refractivity contribution >= 4 is 0 Å². The van der Waals surface area contributed by atoms with E-state index in [1.165, 1.54) is 23.0 Å². The molecule has 1 fully saturated rings. The molecular weight excluding hydrogens is 362 g/mol. The van der Waals surface area contributed by atoms with Crippen LogP contribution in [-0.4, -0.2) is 30.6 Å². The molecule has 2 aromatic carbocycles. The van der Waals surface area contributed by atoms with E-state index in [-0.39, 0.29) is 5.41 Å². The number of phenols is 1. The summed E-state index contributed by atoms with van der Waals surface area (Å²) in [6.45, 7) is 0.493. The van der Waals surface area contributed by atoms with Crippen molar-refractivity contribution in [2.45, 2.75) is 56.1 Å². The molecule has 150 valence electrons. The lowest BCUT2D eigenvalue weighted by Gasteiger charge is -2.53. The van der Waals surface area contributed by atoms with Gasteiger partial charge in [0.1, 0.15) is 18.4 Å². The van der Waals surface area contributed by atoms with E-state index < -0.39 is 5.60 Å². The standard InChI is InChI=1S/C24H27N3O2/c28-21-8-9-22-19(12-21)6-7-20-14-23(29,15-27-17-25-16-26-27)10-11-24(20,22)13-18-4-2-1-3-5-18/h1-5,8-9,12,16-17,20,28-29H,6-7,10-11,13-15H2/t20-,23-,24+/m1/s1. The van der Waals surface area contributed by atoms with Crippen LogP contribution in [0.15, 0.2) is 61.2 Å². The molecule has 5 heteroatoms. The lowest BCUT2D eigenvalue weighted by atomic mass is 9.52. The average Bonchev–Trinajstić information content (AvgIpc) is 3.22. The van der Waals surface area contributed by atoms with Crippen LogP contribution in [0, 0.1) is 5.92 Å². The molecule has 29 heavy (non-hydrogen) atoms. The van der Waals surface area contributed by atoms with E-state index in [0.717, 1.165) is 38.5 Å². The number of aromatic hydroxyl groups is 1. The van der Waals surface area contributed by atoms with Gasteiger partial charge in [-0.15, -0.1) is 0 Å². The molecule has 2 aliphatic rings. The summed E-state index contributed by atoms with van der Waals surface area (Å²) in [4.78, 5) is 4.02. The Bertz CT molecular complexity index is 989. The van der Waals surface area contributed by atoms with Gasteiger partial charge in [0.2, 0.25) is 0 Å². The van der Waals surface area contributed by atoms with Gasteiger partial charge in [-0.25, -0.2) is 4.98 Å². The summed E-state index contributed by atoms with van der Waals surface area (Å²) in [5, 5.41) is 25.7. The van der Waals surface area contributed by atoms with Gasteiger partial charge < -0.3 is 10.2 Å². The smallest absolute Gasteiger partial charge is 0.137 e. The van der Waals surface area contributed by atoms with Crippen molar-refractivity contribution < 1.29 is 10.2 Å². The maximum absolute atomic E-state index is 11.4. The first-order valence-electron chi connectivity index (χ1n) is 10.5. The monoisotopic (exact) mass is 389 g/mol. The van der Waals surface area contributed by atoms with Gasteiger partial charge in [0.05, 0.1) is 12.1 Å². The van der Waals surface area contributed by atoms with Crippen molar-refractivity contribution in [1.29, 1.82) is 0 Å². The molecule has 0 unspecified atom stereocenters. The highest BCUT2D eigenvalue weighted by atomic mass is 16.3. The second-order valence-electron chi connectivity index (χ2n) is 8.92. The van der Waals surface area contributed by atoms with Crippen molar-refractivity contribution in [2.75, 3.05) is 0 Å². The summed E-state index contributed by atoms with van der Waals surface area (Å²) in [6.07, 6.45) is 8.58. The third-order valence-electron chi connectivity index (χ3n) is 7.12. The van der Waals surface area contributed by atoms with Crippen LogP contribution < -0.4 is 0 Å². The first-order valence-corrected chi connectivity index (χ1v) is 10.5. The molecule has 2 N–H and O–H groups in total. The third-order valence-corrected chi connectivity index (χ3v) is 7.12. The zero-order valence-corrected chi connectivity index (χ0v) is 16.5. The highest BCUT2D eigenvalue weighted by Crippen LogP contribution is 2.54. The second-order valence-corrected chi connectivity index (χ2v) is 8.92. The summed E-state index contributed by atoms with van der Waals surface area (Å²) in [7, 11) is 0. The van der Waals surface area contributed by atoms with E-state index in [9.17, 15) is 10.2 Å². The minimum Gasteiger partial charge on any atom is -0.508 e. The molecule has 0 amide bonds. The predicted molar refractivity (Wildman–Crippen MR) is 111 cm³/mol. The number of aryl methyl sites for hydroxylation is 1. The van der Waals surface area contributed by atoms with Crippen LogP contribution in [0.25, 0.3) is 0 Å². The van der Waals surface area contributed by atoms with E-state index in [1.54, 1.807) is 11.0 Å². The Morgan fingerprint density at radius 2 is 1.97 bits per heavy atom. The quantitative estimate of drug-likeness (QED) is 0.715. The third kappa shape index (κ3) is 3.33. The number of hydrogen-bond donors (Lipinski definition) is 2. The van der Waals surface area contributed by atoms with Gasteiger partial charge >= 0.3 is 0 Å². The molecule has 1 heterocycles. The lowest BCUT2D eigenvalue weighted by Crippen LogP contribution is -2.52. The number of aromatic nitrogens is 3. The van der Waals surface area contributed by atoms with Gasteiger partial charge in [-0.05, 0) is 73.3 Å². The van der Waals surface area contributed by atoms with E-state index in [4.69, 9.17) is 0 Å². The van der Waals surface area contributed by atoms with E-state index in [2.05, 4.69) is 46.5 Å². The summed E-state index contributed by atoms with van der Waals surface area (Å²) in [5.74, 6) is 0.734. The molecule has 0 spiro atoms. The van der Waals surface area contributed by atoms with E-state index in [1.807, 2.05) is 12.1 Å². The molecule has 0 aliphatic heterocycles. The van der Waals surface area contributed by atoms with Crippen molar-refractivity contribution in [1.82, 2.24) is 14.8 Å². The highest BCUT2D eigenvalue weighted by molar-refractivity contribution is 5.44. The topological polar surface area (TPSA) is 71.2 Å². The fourth-order valence-corrected chi connectivity index (χ4v) is 5.80. The minimum atomic E-state index is -0.757. The van der Waals surface area contributed by atoms with Gasteiger partial charge in [0.25, 0.3) is 0 Å². The maximum atomic E-state index is 11.4. The van der Waals surface area contributed by atoms with Crippen molar-refractivity contribution in [3.63, 3.8) is 0 Å². The Kier molecular flexibility index (Phi) is 4.43. The minimum absolute atomic E-state index is 0.00274. The zero-order chi connectivity index (χ0) is 19.9. The number of rotatable bonds is 4. The first kappa shape index (κ1) is 18.4. The Balaban J connectivity index is 1.52. The molecule has 5 rings (SSSR count). The van der Waals surface area contributed by atoms with Crippen LogP contribution in [0.5, 0.6) is 5.75 Å². The van der Waals surface area contributed by atoms with Crippen LogP contribution in [0.2, 0.25) is 0 Å². The fourth-order valence-electron chi connectivity index (χ4n) is 5.80. The van der Waals surface area contributed by atoms with Crippen molar-refractivity contribution in [3.8, 4) is 5.75 Å². The maximum Gasteiger partial charge on any atom is 0.137 e. The molecule has 0 saturated heterocycles. The number of phenolic OH excluding ortho intramolecular Hbond substituents is 1. The summed E-state index contributed by atoms with van der Waals surface area (Å²) in [5.41, 5.74) is 3.20. The van der Waals surface area contributed by atoms with Crippen LogP contribution in [0.4, 0.5) is 0 Å². The lowest BCUT2D eigenvalue weighted by molar-refractivity contribution is -0.0638. The van der Waals surface area contributed by atoms with Gasteiger partial charge in [-0.1, -0.05) is 36.4 Å². The normalized spacial score (nSPS) is 28.5. The van der Waals surface area contributed by atoms with Crippen LogP contribution in [-0.2, 0) is 24.8 Å². The van der Waals surface area contributed by atoms with Gasteiger partial charge in [-0.3, -0.25) is 4.68 Å². The summed E-state index contributed by atoms with van der Waals surface area (Å²) < 4.78 is 1.75. The number of nitrogens with zero attached hydrogens (tertiary/aromatic N) is 3. The largest absolute Gasteiger partial charge is 0.508 e. The summed E-state index contributed by atoms with van der Waals surface area (Å²) in [6, 6.07) is 16.6. The molecular formula is C24H27N3O2. The van der Waals surface area contributed by atoms with Crippen LogP contribution in [0.1, 0.15) is 42.4 Å². The first-order chi connectivity index (χ1) is 14.1. The molecule has 1 aromatic heterocycles.